The third kappa shape index (κ3) is 4.56. The maximum Gasteiger partial charge on any atom is 0.119 e. The van der Waals surface area contributed by atoms with E-state index in [0.29, 0.717) is 23.9 Å². The van der Waals surface area contributed by atoms with E-state index in [2.05, 4.69) is 90.4 Å². The molecular formula is C33H40N2O2. The summed E-state index contributed by atoms with van der Waals surface area (Å²) in [7, 11) is 3.50. The summed E-state index contributed by atoms with van der Waals surface area (Å²) < 4.78 is 11.0. The van der Waals surface area contributed by atoms with Crippen LogP contribution in [0.3, 0.4) is 0 Å². The van der Waals surface area contributed by atoms with Crippen molar-refractivity contribution in [1.82, 2.24) is 0 Å². The molecule has 0 spiro atoms. The number of nitrogens with one attached hydrogen (secondary N) is 2. The summed E-state index contributed by atoms with van der Waals surface area (Å²) in [5.74, 6) is 3.95. The minimum Gasteiger partial charge on any atom is -0.497 e. The van der Waals surface area contributed by atoms with Crippen molar-refractivity contribution in [2.24, 2.45) is 17.3 Å². The number of benzene rings is 3. The number of rotatable bonds is 6. The summed E-state index contributed by atoms with van der Waals surface area (Å²) >= 11 is 0. The van der Waals surface area contributed by atoms with E-state index < -0.39 is 0 Å². The number of hydrogen-bond acceptors (Lipinski definition) is 4. The molecule has 2 fully saturated rings. The predicted molar refractivity (Wildman–Crippen MR) is 152 cm³/mol. The molecule has 194 valence electrons. The molecule has 0 unspecified atom stereocenters. The van der Waals surface area contributed by atoms with Crippen molar-refractivity contribution in [3.05, 3.63) is 83.9 Å². The van der Waals surface area contributed by atoms with Gasteiger partial charge in [-0.3, -0.25) is 0 Å². The minimum absolute atomic E-state index is 0.264. The van der Waals surface area contributed by atoms with Crippen molar-refractivity contribution < 1.29 is 9.47 Å². The molecule has 37 heavy (non-hydrogen) atoms. The molecule has 0 heterocycles. The molecule has 3 aliphatic carbocycles. The topological polar surface area (TPSA) is 42.5 Å². The zero-order chi connectivity index (χ0) is 25.4. The molecule has 0 radical (unpaired) electrons. The lowest BCUT2D eigenvalue weighted by atomic mass is 9.48. The number of anilines is 2. The summed E-state index contributed by atoms with van der Waals surface area (Å²) in [5.41, 5.74) is 5.77. The average molecular weight is 497 g/mol. The van der Waals surface area contributed by atoms with Crippen LogP contribution in [0.15, 0.2) is 72.8 Å². The monoisotopic (exact) mass is 496 g/mol. The van der Waals surface area contributed by atoms with Gasteiger partial charge in [-0.25, -0.2) is 0 Å². The molecule has 3 aliphatic rings. The van der Waals surface area contributed by atoms with Gasteiger partial charge in [0.05, 0.1) is 14.2 Å². The number of aryl methyl sites for hydroxylation is 1. The predicted octanol–water partition coefficient (Wildman–Crippen LogP) is 7.52. The van der Waals surface area contributed by atoms with E-state index >= 15 is 0 Å². The van der Waals surface area contributed by atoms with Gasteiger partial charge in [0.2, 0.25) is 0 Å². The van der Waals surface area contributed by atoms with E-state index in [-0.39, 0.29) is 5.41 Å². The lowest BCUT2D eigenvalue weighted by Crippen LogP contribution is -2.57. The van der Waals surface area contributed by atoms with Gasteiger partial charge in [0.1, 0.15) is 11.5 Å². The van der Waals surface area contributed by atoms with Crippen LogP contribution < -0.4 is 20.1 Å². The fraction of sp³-hybridized carbons (Fsp3) is 0.455. The second kappa shape index (κ2) is 9.96. The van der Waals surface area contributed by atoms with E-state index in [0.717, 1.165) is 30.3 Å². The lowest BCUT2D eigenvalue weighted by Gasteiger charge is -2.59. The van der Waals surface area contributed by atoms with E-state index in [1.807, 2.05) is 0 Å². The molecule has 3 aromatic rings. The Labute approximate surface area is 221 Å². The molecule has 0 bridgehead atoms. The van der Waals surface area contributed by atoms with Crippen molar-refractivity contribution in [1.29, 1.82) is 0 Å². The number of hydrogen-bond donors (Lipinski definition) is 2. The smallest absolute Gasteiger partial charge is 0.119 e. The maximum atomic E-state index is 5.55. The molecule has 0 amide bonds. The first-order valence-corrected chi connectivity index (χ1v) is 14.0. The first-order valence-electron chi connectivity index (χ1n) is 14.0. The Kier molecular flexibility index (Phi) is 6.52. The zero-order valence-corrected chi connectivity index (χ0v) is 22.4. The summed E-state index contributed by atoms with van der Waals surface area (Å²) in [6, 6.07) is 26.9. The highest BCUT2D eigenvalue weighted by molar-refractivity contribution is 5.49. The minimum atomic E-state index is 0.264. The third-order valence-corrected chi connectivity index (χ3v) is 9.80. The average Bonchev–Trinajstić information content (AvgIpc) is 2.94. The van der Waals surface area contributed by atoms with Crippen LogP contribution >= 0.6 is 0 Å². The number of ether oxygens (including phenoxy) is 2. The summed E-state index contributed by atoms with van der Waals surface area (Å²) in [4.78, 5) is 0. The van der Waals surface area contributed by atoms with Gasteiger partial charge in [-0.2, -0.15) is 0 Å². The van der Waals surface area contributed by atoms with Crippen LogP contribution in [0.2, 0.25) is 0 Å². The fourth-order valence-corrected chi connectivity index (χ4v) is 7.87. The Morgan fingerprint density at radius 3 is 2.27 bits per heavy atom. The fourth-order valence-electron chi connectivity index (χ4n) is 7.87. The highest BCUT2D eigenvalue weighted by atomic mass is 16.5. The van der Waals surface area contributed by atoms with Gasteiger partial charge in [-0.05, 0) is 121 Å². The second-order valence-corrected chi connectivity index (χ2v) is 11.6. The van der Waals surface area contributed by atoms with Crippen LogP contribution in [0, 0.1) is 17.3 Å². The van der Waals surface area contributed by atoms with Gasteiger partial charge in [0, 0.05) is 23.5 Å². The van der Waals surface area contributed by atoms with Crippen LogP contribution in [0.4, 0.5) is 11.4 Å². The first-order chi connectivity index (χ1) is 18.1. The molecule has 0 aliphatic heterocycles. The molecule has 0 aromatic heterocycles. The summed E-state index contributed by atoms with van der Waals surface area (Å²) in [6.45, 7) is 2.58. The van der Waals surface area contributed by atoms with Gasteiger partial charge in [0.15, 0.2) is 0 Å². The number of para-hydroxylation sites is 1. The van der Waals surface area contributed by atoms with Crippen LogP contribution in [0.25, 0.3) is 0 Å². The van der Waals surface area contributed by atoms with Crippen molar-refractivity contribution in [2.75, 3.05) is 24.9 Å². The number of methoxy groups -OCH3 is 2. The molecule has 3 aromatic carbocycles. The van der Waals surface area contributed by atoms with E-state index in [1.165, 1.54) is 42.6 Å². The van der Waals surface area contributed by atoms with Gasteiger partial charge in [-0.15, -0.1) is 0 Å². The molecule has 2 N–H and O–H groups in total. The van der Waals surface area contributed by atoms with E-state index in [4.69, 9.17) is 9.47 Å². The van der Waals surface area contributed by atoms with Gasteiger partial charge in [0.25, 0.3) is 0 Å². The number of fused-ring (bicyclic) bond motifs is 5. The van der Waals surface area contributed by atoms with Crippen LogP contribution in [-0.2, 0) is 6.42 Å². The van der Waals surface area contributed by atoms with Gasteiger partial charge < -0.3 is 20.1 Å². The van der Waals surface area contributed by atoms with Crippen LogP contribution in [-0.4, -0.2) is 26.3 Å². The van der Waals surface area contributed by atoms with Crippen molar-refractivity contribution in [3.8, 4) is 11.5 Å². The van der Waals surface area contributed by atoms with Gasteiger partial charge in [-0.1, -0.05) is 31.2 Å². The van der Waals surface area contributed by atoms with Crippen molar-refractivity contribution in [3.63, 3.8) is 0 Å². The SMILES string of the molecule is COc1ccc(N[C@H]2C[C@@H](Nc3ccccc3)C[C@H]3[C@@H]4CCc5cc(OC)ccc5[C@H]4CC[C@]23C)cc1. The zero-order valence-electron chi connectivity index (χ0n) is 22.4. The highest BCUT2D eigenvalue weighted by Gasteiger charge is 2.54. The third-order valence-electron chi connectivity index (χ3n) is 9.80. The molecule has 0 saturated heterocycles. The van der Waals surface area contributed by atoms with Crippen LogP contribution in [0.1, 0.15) is 56.1 Å². The largest absolute Gasteiger partial charge is 0.497 e. The Morgan fingerprint density at radius 2 is 1.51 bits per heavy atom. The molecule has 6 atom stereocenters. The molecule has 4 nitrogen and oxygen atoms in total. The standard InChI is InChI=1S/C33H40N2O2/c1-33-18-17-29-28-16-14-27(37-3)19-22(28)9-15-30(29)31(33)20-25(34-23-7-5-4-6-8-23)21-32(33)35-24-10-12-26(36-2)13-11-24/h4-8,10-14,16,19,25,29-32,34-35H,9,15,17-18,20-21H2,1-3H3/t25-,29+,30+,31-,32-,33-/m0/s1. The Morgan fingerprint density at radius 1 is 0.784 bits per heavy atom. The van der Waals surface area contributed by atoms with E-state index in [9.17, 15) is 0 Å². The normalized spacial score (nSPS) is 30.3. The quantitative estimate of drug-likeness (QED) is 0.370. The summed E-state index contributed by atoms with van der Waals surface area (Å²) in [5, 5.41) is 7.92. The Hall–Kier alpha value is -3.14. The van der Waals surface area contributed by atoms with Crippen molar-refractivity contribution in [2.45, 2.75) is 63.5 Å². The van der Waals surface area contributed by atoms with Gasteiger partial charge >= 0.3 is 0 Å². The highest BCUT2D eigenvalue weighted by Crippen LogP contribution is 2.60. The Balaban J connectivity index is 1.31. The van der Waals surface area contributed by atoms with E-state index in [1.54, 1.807) is 19.8 Å². The Bertz CT molecular complexity index is 1210. The van der Waals surface area contributed by atoms with Crippen LogP contribution in [0.5, 0.6) is 11.5 Å². The van der Waals surface area contributed by atoms with Crippen molar-refractivity contribution >= 4 is 11.4 Å². The first kappa shape index (κ1) is 24.2. The summed E-state index contributed by atoms with van der Waals surface area (Å²) in [6.07, 6.45) is 7.33. The molecule has 6 rings (SSSR count). The second-order valence-electron chi connectivity index (χ2n) is 11.6. The molecule has 2 saturated carbocycles. The lowest BCUT2D eigenvalue weighted by molar-refractivity contribution is -0.0177. The molecular weight excluding hydrogens is 456 g/mol. The molecule has 4 heteroatoms. The maximum absolute atomic E-state index is 5.55.